The Morgan fingerprint density at radius 1 is 1.24 bits per heavy atom. The van der Waals surface area contributed by atoms with Crippen LogP contribution in [0, 0.1) is 5.92 Å². The third-order valence-corrected chi connectivity index (χ3v) is 4.51. The number of para-hydroxylation sites is 1. The SMILES string of the molecule is NCC(C1CCCC1)N1CCc2ccccc21. The standard InChI is InChI=1S/C15H22N2/c16-11-15(12-5-1-2-6-12)17-10-9-13-7-3-4-8-14(13)17/h3-4,7-8,12,15H,1-2,5-6,9-11,16H2. The second-order valence-electron chi connectivity index (χ2n) is 5.42. The van der Waals surface area contributed by atoms with E-state index in [2.05, 4.69) is 29.2 Å². The minimum atomic E-state index is 0.571. The minimum Gasteiger partial charge on any atom is -0.366 e. The lowest BCUT2D eigenvalue weighted by Crippen LogP contribution is -2.44. The zero-order chi connectivity index (χ0) is 11.7. The van der Waals surface area contributed by atoms with Gasteiger partial charge in [-0.05, 0) is 36.8 Å². The summed E-state index contributed by atoms with van der Waals surface area (Å²) in [5.74, 6) is 0.825. The highest BCUT2D eigenvalue weighted by molar-refractivity contribution is 5.58. The van der Waals surface area contributed by atoms with E-state index in [0.717, 1.165) is 19.0 Å². The highest BCUT2D eigenvalue weighted by Gasteiger charge is 2.32. The molecule has 1 aromatic rings. The number of fused-ring (bicyclic) bond motifs is 1. The molecule has 1 aliphatic carbocycles. The molecule has 1 fully saturated rings. The van der Waals surface area contributed by atoms with Crippen molar-refractivity contribution in [3.63, 3.8) is 0 Å². The van der Waals surface area contributed by atoms with E-state index in [1.54, 1.807) is 0 Å². The summed E-state index contributed by atoms with van der Waals surface area (Å²) in [6.45, 7) is 1.97. The number of nitrogens with two attached hydrogens (primary N) is 1. The Labute approximate surface area is 104 Å². The lowest BCUT2D eigenvalue weighted by molar-refractivity contribution is 0.414. The molecule has 2 N–H and O–H groups in total. The van der Waals surface area contributed by atoms with Crippen LogP contribution in [0.15, 0.2) is 24.3 Å². The molecule has 1 heterocycles. The molecule has 0 radical (unpaired) electrons. The van der Waals surface area contributed by atoms with E-state index in [-0.39, 0.29) is 0 Å². The van der Waals surface area contributed by atoms with Crippen molar-refractivity contribution in [2.45, 2.75) is 38.1 Å². The van der Waals surface area contributed by atoms with Crippen molar-refractivity contribution in [2.75, 3.05) is 18.0 Å². The van der Waals surface area contributed by atoms with Gasteiger partial charge in [-0.15, -0.1) is 0 Å². The first kappa shape index (κ1) is 11.1. The molecule has 0 spiro atoms. The summed E-state index contributed by atoms with van der Waals surface area (Å²) >= 11 is 0. The van der Waals surface area contributed by atoms with E-state index in [1.807, 2.05) is 0 Å². The maximum absolute atomic E-state index is 6.05. The molecule has 1 unspecified atom stereocenters. The molecule has 92 valence electrons. The molecule has 1 aromatic carbocycles. The van der Waals surface area contributed by atoms with Crippen LogP contribution in [0.4, 0.5) is 5.69 Å². The lowest BCUT2D eigenvalue weighted by Gasteiger charge is -2.34. The second-order valence-corrected chi connectivity index (χ2v) is 5.42. The zero-order valence-corrected chi connectivity index (χ0v) is 10.4. The molecule has 2 aliphatic rings. The van der Waals surface area contributed by atoms with Crippen LogP contribution < -0.4 is 10.6 Å². The van der Waals surface area contributed by atoms with Gasteiger partial charge in [0.1, 0.15) is 0 Å². The van der Waals surface area contributed by atoms with E-state index in [1.165, 1.54) is 43.4 Å². The molecule has 2 heteroatoms. The second kappa shape index (κ2) is 4.69. The highest BCUT2D eigenvalue weighted by atomic mass is 15.2. The van der Waals surface area contributed by atoms with Crippen LogP contribution in [-0.2, 0) is 6.42 Å². The fourth-order valence-electron chi connectivity index (χ4n) is 3.62. The van der Waals surface area contributed by atoms with Crippen LogP contribution >= 0.6 is 0 Å². The van der Waals surface area contributed by atoms with Gasteiger partial charge in [-0.2, -0.15) is 0 Å². The van der Waals surface area contributed by atoms with Crippen molar-refractivity contribution < 1.29 is 0 Å². The van der Waals surface area contributed by atoms with Crippen molar-refractivity contribution >= 4 is 5.69 Å². The third-order valence-electron chi connectivity index (χ3n) is 4.51. The zero-order valence-electron chi connectivity index (χ0n) is 10.4. The first-order valence-corrected chi connectivity index (χ1v) is 6.95. The van der Waals surface area contributed by atoms with Gasteiger partial charge in [-0.25, -0.2) is 0 Å². The quantitative estimate of drug-likeness (QED) is 0.864. The van der Waals surface area contributed by atoms with Gasteiger partial charge in [-0.1, -0.05) is 31.0 Å². The molecule has 3 rings (SSSR count). The molecular weight excluding hydrogens is 208 g/mol. The van der Waals surface area contributed by atoms with Crippen molar-refractivity contribution in [2.24, 2.45) is 11.7 Å². The Hall–Kier alpha value is -1.02. The number of rotatable bonds is 3. The number of nitrogens with zero attached hydrogens (tertiary/aromatic N) is 1. The average molecular weight is 230 g/mol. The molecule has 0 bridgehead atoms. The summed E-state index contributed by atoms with van der Waals surface area (Å²) in [5.41, 5.74) is 8.99. The first-order valence-electron chi connectivity index (χ1n) is 6.95. The topological polar surface area (TPSA) is 29.3 Å². The van der Waals surface area contributed by atoms with Crippen molar-refractivity contribution in [1.29, 1.82) is 0 Å². The van der Waals surface area contributed by atoms with Crippen LogP contribution in [0.25, 0.3) is 0 Å². The average Bonchev–Trinajstić information content (AvgIpc) is 3.01. The normalized spacial score (nSPS) is 21.8. The predicted molar refractivity (Wildman–Crippen MR) is 72.3 cm³/mol. The van der Waals surface area contributed by atoms with Gasteiger partial charge >= 0.3 is 0 Å². The van der Waals surface area contributed by atoms with Crippen molar-refractivity contribution in [3.05, 3.63) is 29.8 Å². The fraction of sp³-hybridized carbons (Fsp3) is 0.600. The molecule has 1 saturated carbocycles. The van der Waals surface area contributed by atoms with Gasteiger partial charge in [0.05, 0.1) is 0 Å². The Morgan fingerprint density at radius 3 is 2.76 bits per heavy atom. The number of hydrogen-bond donors (Lipinski definition) is 1. The predicted octanol–water partition coefficient (Wildman–Crippen LogP) is 2.57. The minimum absolute atomic E-state index is 0.571. The molecular formula is C15H22N2. The number of anilines is 1. The van der Waals surface area contributed by atoms with Crippen LogP contribution in [-0.4, -0.2) is 19.1 Å². The summed E-state index contributed by atoms with van der Waals surface area (Å²) in [7, 11) is 0. The molecule has 1 aliphatic heterocycles. The third kappa shape index (κ3) is 1.95. The molecule has 0 saturated heterocycles. The van der Waals surface area contributed by atoms with Crippen LogP contribution in [0.3, 0.4) is 0 Å². The molecule has 0 amide bonds. The van der Waals surface area contributed by atoms with E-state index in [4.69, 9.17) is 5.73 Å². The van der Waals surface area contributed by atoms with E-state index < -0.39 is 0 Å². The maximum atomic E-state index is 6.05. The molecule has 1 atom stereocenters. The first-order chi connectivity index (χ1) is 8.40. The van der Waals surface area contributed by atoms with Gasteiger partial charge in [0, 0.05) is 24.8 Å². The molecule has 0 aromatic heterocycles. The van der Waals surface area contributed by atoms with Gasteiger partial charge in [0.25, 0.3) is 0 Å². The summed E-state index contributed by atoms with van der Waals surface area (Å²) in [4.78, 5) is 2.57. The van der Waals surface area contributed by atoms with Gasteiger partial charge in [0.2, 0.25) is 0 Å². The highest BCUT2D eigenvalue weighted by Crippen LogP contribution is 2.36. The van der Waals surface area contributed by atoms with Gasteiger partial charge < -0.3 is 10.6 Å². The van der Waals surface area contributed by atoms with Crippen LogP contribution in [0.5, 0.6) is 0 Å². The number of benzene rings is 1. The molecule has 2 nitrogen and oxygen atoms in total. The van der Waals surface area contributed by atoms with E-state index >= 15 is 0 Å². The summed E-state index contributed by atoms with van der Waals surface area (Å²) in [6.07, 6.45) is 6.74. The summed E-state index contributed by atoms with van der Waals surface area (Å²) in [5, 5.41) is 0. The van der Waals surface area contributed by atoms with Gasteiger partial charge in [0.15, 0.2) is 0 Å². The fourth-order valence-corrected chi connectivity index (χ4v) is 3.62. The summed E-state index contributed by atoms with van der Waals surface area (Å²) in [6, 6.07) is 9.40. The van der Waals surface area contributed by atoms with Crippen molar-refractivity contribution in [3.8, 4) is 0 Å². The molecule has 17 heavy (non-hydrogen) atoms. The monoisotopic (exact) mass is 230 g/mol. The Morgan fingerprint density at radius 2 is 2.00 bits per heavy atom. The Balaban J connectivity index is 1.84. The largest absolute Gasteiger partial charge is 0.366 e. The summed E-state index contributed by atoms with van der Waals surface area (Å²) < 4.78 is 0. The Bertz CT molecular complexity index is 382. The lowest BCUT2D eigenvalue weighted by atomic mass is 9.96. The number of hydrogen-bond acceptors (Lipinski definition) is 2. The Kier molecular flexibility index (Phi) is 3.06. The smallest absolute Gasteiger partial charge is 0.0440 e. The van der Waals surface area contributed by atoms with E-state index in [0.29, 0.717) is 6.04 Å². The van der Waals surface area contributed by atoms with E-state index in [9.17, 15) is 0 Å². The van der Waals surface area contributed by atoms with Gasteiger partial charge in [-0.3, -0.25) is 0 Å². The maximum Gasteiger partial charge on any atom is 0.0440 e. The van der Waals surface area contributed by atoms with Crippen molar-refractivity contribution in [1.82, 2.24) is 0 Å². The van der Waals surface area contributed by atoms with Crippen LogP contribution in [0.1, 0.15) is 31.2 Å². The van der Waals surface area contributed by atoms with Crippen LogP contribution in [0.2, 0.25) is 0 Å².